The zero-order valence-electron chi connectivity index (χ0n) is 37.1. The number of pyridine rings is 2. The predicted octanol–water partition coefficient (Wildman–Crippen LogP) is 14.7. The zero-order valence-corrected chi connectivity index (χ0v) is 37.1. The van der Waals surface area contributed by atoms with Crippen LogP contribution in [0.4, 0.5) is 0 Å². The van der Waals surface area contributed by atoms with E-state index in [0.29, 0.717) is 29.1 Å². The third kappa shape index (κ3) is 3.69. The van der Waals surface area contributed by atoms with Crippen LogP contribution in [0.2, 0.25) is 0 Å². The fourth-order valence-electron chi connectivity index (χ4n) is 18.2. The van der Waals surface area contributed by atoms with Crippen molar-refractivity contribution in [3.05, 3.63) is 119 Å². The molecule has 0 radical (unpaired) electrons. The molecule has 310 valence electrons. The number of para-hydroxylation sites is 2. The third-order valence-electron chi connectivity index (χ3n) is 21.1. The molecule has 0 N–H and O–H groups in total. The first kappa shape index (κ1) is 34.2. The molecule has 5 aromatic heterocycles. The van der Waals surface area contributed by atoms with E-state index in [0.717, 1.165) is 23.7 Å². The summed E-state index contributed by atoms with van der Waals surface area (Å²) in [7, 11) is 0. The molecule has 4 heteroatoms. The lowest BCUT2D eigenvalue weighted by Gasteiger charge is -2.49. The van der Waals surface area contributed by atoms with Crippen LogP contribution >= 0.6 is 0 Å². The van der Waals surface area contributed by atoms with Gasteiger partial charge in [-0.2, -0.15) is 0 Å². The molecular formula is C59H54N4. The van der Waals surface area contributed by atoms with Crippen LogP contribution in [0.1, 0.15) is 149 Å². The fraction of sp³-hybridized carbons (Fsp3) is 0.424. The molecule has 5 heterocycles. The van der Waals surface area contributed by atoms with Crippen LogP contribution in [-0.2, 0) is 10.8 Å². The van der Waals surface area contributed by atoms with Gasteiger partial charge < -0.3 is 8.97 Å². The minimum atomic E-state index is -0.168. The number of nitrogens with zero attached hydrogens (tertiary/aromatic N) is 4. The standard InChI is InChI=1S/C59H54N4/c1-57(2)43-23-40-38-12-8-9-13-44(38)62(37-10-6-5-7-11-37)45(40)24-39(43)41-22-42-50-46(27-60-54-32-17-29-14-30(18-32)16-31(15-29)48(50)54)63-47-28-61-55-34-20-36-21-35-19-33(25-59(35,36)26-34)49(55)51(47)52(56(42)63)53(41)58(57,3)4/h5-13,22-24,27-36H,14-21,25-26H2,1-4H3. The van der Waals surface area contributed by atoms with Crippen LogP contribution in [0.25, 0.3) is 76.7 Å². The van der Waals surface area contributed by atoms with Crippen molar-refractivity contribution < 1.29 is 0 Å². The van der Waals surface area contributed by atoms with Crippen molar-refractivity contribution in [3.8, 4) is 16.8 Å². The molecular weight excluding hydrogens is 765 g/mol. The molecule has 5 saturated carbocycles. The Morgan fingerprint density at radius 2 is 1.21 bits per heavy atom. The molecule has 9 aliphatic carbocycles. The Morgan fingerprint density at radius 3 is 2.02 bits per heavy atom. The lowest BCUT2D eigenvalue weighted by Crippen LogP contribution is -2.43. The number of benzene rings is 4. The Morgan fingerprint density at radius 1 is 0.524 bits per heavy atom. The van der Waals surface area contributed by atoms with Gasteiger partial charge in [-0.25, -0.2) is 0 Å². The van der Waals surface area contributed by atoms with Crippen molar-refractivity contribution in [2.24, 2.45) is 29.1 Å². The highest BCUT2D eigenvalue weighted by atomic mass is 15.0. The normalized spacial score (nSPS) is 32.1. The van der Waals surface area contributed by atoms with Crippen molar-refractivity contribution in [1.82, 2.24) is 18.9 Å². The lowest BCUT2D eigenvalue weighted by atomic mass is 9.54. The van der Waals surface area contributed by atoms with E-state index in [1.807, 2.05) is 0 Å². The predicted molar refractivity (Wildman–Crippen MR) is 256 cm³/mol. The van der Waals surface area contributed by atoms with Gasteiger partial charge in [-0.15, -0.1) is 0 Å². The molecule has 9 aliphatic rings. The zero-order chi connectivity index (χ0) is 41.2. The molecule has 5 fully saturated rings. The average molecular weight is 819 g/mol. The maximum atomic E-state index is 5.69. The highest BCUT2D eigenvalue weighted by Gasteiger charge is 2.66. The Hall–Kier alpha value is -5.22. The maximum Gasteiger partial charge on any atom is 0.0728 e. The number of fused-ring (bicyclic) bond motifs is 19. The SMILES string of the molecule is CC1(C)c2cc3c4ccccc4n(-c4ccccc4)c3cc2-c2cc3c4c5c(ncc4n4c6cnc7c(c6c(c2C1(C)C)c34)C1CC2CC3CC7CC32C1)C1CC2CC(C1)CC5C2. The minimum Gasteiger partial charge on any atom is -0.309 e. The van der Waals surface area contributed by atoms with Crippen LogP contribution in [-0.4, -0.2) is 18.9 Å². The molecule has 4 aromatic carbocycles. The molecule has 0 amide bonds. The summed E-state index contributed by atoms with van der Waals surface area (Å²) in [5.41, 5.74) is 20.4. The highest BCUT2D eigenvalue weighted by Crippen LogP contribution is 2.76. The van der Waals surface area contributed by atoms with Crippen molar-refractivity contribution in [3.63, 3.8) is 0 Å². The summed E-state index contributed by atoms with van der Waals surface area (Å²) in [6, 6.07) is 28.2. The number of rotatable bonds is 1. The van der Waals surface area contributed by atoms with Crippen molar-refractivity contribution >= 4 is 59.9 Å². The average Bonchev–Trinajstić information content (AvgIpc) is 4.01. The molecule has 7 atom stereocenters. The summed E-state index contributed by atoms with van der Waals surface area (Å²) >= 11 is 0. The summed E-state index contributed by atoms with van der Waals surface area (Å²) in [6.45, 7) is 10.3. The van der Waals surface area contributed by atoms with E-state index in [4.69, 9.17) is 9.97 Å². The van der Waals surface area contributed by atoms with E-state index < -0.39 is 0 Å². The monoisotopic (exact) mass is 818 g/mol. The van der Waals surface area contributed by atoms with Crippen molar-refractivity contribution in [1.29, 1.82) is 0 Å². The van der Waals surface area contributed by atoms with Crippen molar-refractivity contribution in [2.45, 2.75) is 126 Å². The summed E-state index contributed by atoms with van der Waals surface area (Å²) in [5.74, 6) is 5.99. The van der Waals surface area contributed by atoms with Crippen LogP contribution < -0.4 is 0 Å². The largest absolute Gasteiger partial charge is 0.309 e. The Bertz CT molecular complexity index is 3590. The highest BCUT2D eigenvalue weighted by molar-refractivity contribution is 6.28. The van der Waals surface area contributed by atoms with E-state index in [9.17, 15) is 0 Å². The van der Waals surface area contributed by atoms with E-state index in [1.165, 1.54) is 147 Å². The second-order valence-corrected chi connectivity index (χ2v) is 23.8. The van der Waals surface area contributed by atoms with Gasteiger partial charge in [0.25, 0.3) is 0 Å². The Kier molecular flexibility index (Phi) is 5.79. The first-order valence-corrected chi connectivity index (χ1v) is 24.9. The van der Waals surface area contributed by atoms with E-state index in [1.54, 1.807) is 27.5 Å². The first-order chi connectivity index (χ1) is 30.7. The van der Waals surface area contributed by atoms with Crippen LogP contribution in [0.3, 0.4) is 0 Å². The van der Waals surface area contributed by atoms with Gasteiger partial charge in [0.05, 0.1) is 40.0 Å². The van der Waals surface area contributed by atoms with Gasteiger partial charge in [0.1, 0.15) is 0 Å². The quantitative estimate of drug-likeness (QED) is 0.165. The summed E-state index contributed by atoms with van der Waals surface area (Å²) in [6.07, 6.45) is 18.5. The van der Waals surface area contributed by atoms with Crippen LogP contribution in [0, 0.1) is 29.1 Å². The van der Waals surface area contributed by atoms with Gasteiger partial charge >= 0.3 is 0 Å². The first-order valence-electron chi connectivity index (χ1n) is 24.9. The Balaban J connectivity index is 1.07. The van der Waals surface area contributed by atoms with Crippen LogP contribution in [0.5, 0.6) is 0 Å². The van der Waals surface area contributed by atoms with E-state index >= 15 is 0 Å². The number of aromatic nitrogens is 4. The molecule has 7 unspecified atom stereocenters. The van der Waals surface area contributed by atoms with Gasteiger partial charge in [-0.3, -0.25) is 9.97 Å². The smallest absolute Gasteiger partial charge is 0.0728 e. The van der Waals surface area contributed by atoms with Gasteiger partial charge in [-0.1, -0.05) is 64.1 Å². The van der Waals surface area contributed by atoms with Gasteiger partial charge in [0.15, 0.2) is 0 Å². The van der Waals surface area contributed by atoms with Crippen LogP contribution in [0.15, 0.2) is 85.2 Å². The second kappa shape index (κ2) is 10.7. The Labute approximate surface area is 368 Å². The molecule has 1 spiro atoms. The lowest BCUT2D eigenvalue weighted by molar-refractivity contribution is 0.00321. The van der Waals surface area contributed by atoms with Gasteiger partial charge in [0, 0.05) is 66.6 Å². The molecule has 7 bridgehead atoms. The van der Waals surface area contributed by atoms with E-state index in [-0.39, 0.29) is 10.8 Å². The summed E-state index contributed by atoms with van der Waals surface area (Å²) in [5, 5.41) is 8.82. The number of hydrogen-bond acceptors (Lipinski definition) is 2. The maximum absolute atomic E-state index is 5.69. The molecule has 0 saturated heterocycles. The van der Waals surface area contributed by atoms with Gasteiger partial charge in [0.2, 0.25) is 0 Å². The molecule has 63 heavy (non-hydrogen) atoms. The summed E-state index contributed by atoms with van der Waals surface area (Å²) < 4.78 is 5.27. The molecule has 4 nitrogen and oxygen atoms in total. The summed E-state index contributed by atoms with van der Waals surface area (Å²) in [4.78, 5) is 11.3. The molecule has 9 aromatic rings. The molecule has 0 aliphatic heterocycles. The minimum absolute atomic E-state index is 0.151. The van der Waals surface area contributed by atoms with Gasteiger partial charge in [-0.05, 0) is 180 Å². The second-order valence-electron chi connectivity index (χ2n) is 23.8. The third-order valence-corrected chi connectivity index (χ3v) is 21.1. The van der Waals surface area contributed by atoms with E-state index in [2.05, 4.69) is 122 Å². The van der Waals surface area contributed by atoms with Crippen molar-refractivity contribution in [2.75, 3.05) is 0 Å². The number of hydrogen-bond donors (Lipinski definition) is 0. The topological polar surface area (TPSA) is 35.1 Å². The molecule has 18 rings (SSSR count). The fourth-order valence-corrected chi connectivity index (χ4v) is 18.2.